The van der Waals surface area contributed by atoms with Gasteiger partial charge in [0.25, 0.3) is 5.56 Å². The quantitative estimate of drug-likeness (QED) is 0.550. The number of nitrogens with zero attached hydrogens (tertiary/aromatic N) is 1. The van der Waals surface area contributed by atoms with Crippen LogP contribution in [0.5, 0.6) is 11.5 Å². The lowest BCUT2D eigenvalue weighted by Gasteiger charge is -2.13. The molecule has 0 fully saturated rings. The lowest BCUT2D eigenvalue weighted by Crippen LogP contribution is -2.19. The van der Waals surface area contributed by atoms with E-state index in [1.165, 1.54) is 47.2 Å². The summed E-state index contributed by atoms with van der Waals surface area (Å²) in [4.78, 5) is 12.1. The number of ether oxygens (including phenoxy) is 1. The van der Waals surface area contributed by atoms with Crippen LogP contribution in [0.1, 0.15) is 11.1 Å². The zero-order valence-electron chi connectivity index (χ0n) is 14.1. The van der Waals surface area contributed by atoms with Crippen molar-refractivity contribution in [3.05, 3.63) is 86.3 Å². The molecule has 0 atom stereocenters. The predicted octanol–water partition coefficient (Wildman–Crippen LogP) is 5.60. The Labute approximate surface area is 167 Å². The number of aromatic nitrogens is 1. The summed E-state index contributed by atoms with van der Waals surface area (Å²) in [6, 6.07) is 10.3. The molecule has 1 aromatic heterocycles. The SMILES string of the molecule is Nc1cc(Cl)c(Oc2ccc(=O)n(Cc3cccc(C(F)(F)F)c3)c2)c(Cl)c1. The minimum Gasteiger partial charge on any atom is -0.453 e. The second kappa shape index (κ2) is 7.77. The van der Waals surface area contributed by atoms with E-state index in [1.807, 2.05) is 0 Å². The van der Waals surface area contributed by atoms with Crippen LogP contribution in [0.15, 0.2) is 59.5 Å². The van der Waals surface area contributed by atoms with Crippen LogP contribution < -0.4 is 16.0 Å². The van der Waals surface area contributed by atoms with Gasteiger partial charge in [-0.3, -0.25) is 4.79 Å². The molecule has 0 aliphatic carbocycles. The molecule has 2 aromatic carbocycles. The Bertz CT molecular complexity index is 1060. The Morgan fingerprint density at radius 1 is 1.04 bits per heavy atom. The number of benzene rings is 2. The first-order valence-corrected chi connectivity index (χ1v) is 8.68. The van der Waals surface area contributed by atoms with Crippen LogP contribution in [0.4, 0.5) is 18.9 Å². The fraction of sp³-hybridized carbons (Fsp3) is 0.105. The van der Waals surface area contributed by atoms with E-state index in [0.29, 0.717) is 11.3 Å². The molecular formula is C19H13Cl2F3N2O2. The Kier molecular flexibility index (Phi) is 5.58. The zero-order chi connectivity index (χ0) is 20.5. The van der Waals surface area contributed by atoms with E-state index < -0.39 is 17.3 Å². The molecule has 4 nitrogen and oxygen atoms in total. The average Bonchev–Trinajstić information content (AvgIpc) is 2.60. The van der Waals surface area contributed by atoms with Crippen LogP contribution in [0.3, 0.4) is 0 Å². The van der Waals surface area contributed by atoms with Crippen LogP contribution >= 0.6 is 23.2 Å². The highest BCUT2D eigenvalue weighted by Gasteiger charge is 2.30. The predicted molar refractivity (Wildman–Crippen MR) is 102 cm³/mol. The van der Waals surface area contributed by atoms with Crippen molar-refractivity contribution in [2.24, 2.45) is 0 Å². The van der Waals surface area contributed by atoms with E-state index in [2.05, 4.69) is 0 Å². The van der Waals surface area contributed by atoms with Gasteiger partial charge < -0.3 is 15.0 Å². The Morgan fingerprint density at radius 3 is 2.36 bits per heavy atom. The van der Waals surface area contributed by atoms with Gasteiger partial charge in [0.15, 0.2) is 5.75 Å². The van der Waals surface area contributed by atoms with Crippen LogP contribution in [-0.4, -0.2) is 4.57 Å². The first kappa shape index (κ1) is 20.1. The van der Waals surface area contributed by atoms with Crippen LogP contribution in [0.25, 0.3) is 0 Å². The number of halogens is 5. The molecule has 0 radical (unpaired) electrons. The second-order valence-corrected chi connectivity index (χ2v) is 6.76. The maximum Gasteiger partial charge on any atom is 0.416 e. The van der Waals surface area contributed by atoms with Crippen molar-refractivity contribution in [3.63, 3.8) is 0 Å². The molecular weight excluding hydrogens is 416 g/mol. The number of hydrogen-bond donors (Lipinski definition) is 1. The van der Waals surface area contributed by atoms with Gasteiger partial charge in [-0.15, -0.1) is 0 Å². The molecule has 2 N–H and O–H groups in total. The molecule has 0 aliphatic heterocycles. The number of nitrogen functional groups attached to an aromatic ring is 1. The number of anilines is 1. The Balaban J connectivity index is 1.90. The van der Waals surface area contributed by atoms with Crippen molar-refractivity contribution in [3.8, 4) is 11.5 Å². The largest absolute Gasteiger partial charge is 0.453 e. The van der Waals surface area contributed by atoms with E-state index in [1.54, 1.807) is 0 Å². The van der Waals surface area contributed by atoms with E-state index in [9.17, 15) is 18.0 Å². The van der Waals surface area contributed by atoms with Gasteiger partial charge >= 0.3 is 6.18 Å². The number of pyridine rings is 1. The molecule has 1 heterocycles. The Morgan fingerprint density at radius 2 is 1.71 bits per heavy atom. The van der Waals surface area contributed by atoms with Crippen molar-refractivity contribution in [1.82, 2.24) is 4.57 Å². The van der Waals surface area contributed by atoms with Gasteiger partial charge in [-0.1, -0.05) is 35.3 Å². The van der Waals surface area contributed by atoms with Gasteiger partial charge in [-0.2, -0.15) is 13.2 Å². The number of nitrogens with two attached hydrogens (primary N) is 1. The van der Waals surface area contributed by atoms with Crippen molar-refractivity contribution >= 4 is 28.9 Å². The first-order valence-electron chi connectivity index (χ1n) is 7.92. The van der Waals surface area contributed by atoms with Crippen molar-refractivity contribution in [2.75, 3.05) is 5.73 Å². The topological polar surface area (TPSA) is 57.2 Å². The highest BCUT2D eigenvalue weighted by atomic mass is 35.5. The number of rotatable bonds is 4. The van der Waals surface area contributed by atoms with Crippen molar-refractivity contribution in [1.29, 1.82) is 0 Å². The highest BCUT2D eigenvalue weighted by Crippen LogP contribution is 2.38. The molecule has 146 valence electrons. The summed E-state index contributed by atoms with van der Waals surface area (Å²) in [7, 11) is 0. The van der Waals surface area contributed by atoms with E-state index >= 15 is 0 Å². The van der Waals surface area contributed by atoms with Gasteiger partial charge in [0, 0.05) is 11.8 Å². The van der Waals surface area contributed by atoms with E-state index in [-0.39, 0.29) is 28.1 Å². The lowest BCUT2D eigenvalue weighted by atomic mass is 10.1. The smallest absolute Gasteiger partial charge is 0.416 e. The monoisotopic (exact) mass is 428 g/mol. The van der Waals surface area contributed by atoms with Gasteiger partial charge in [-0.05, 0) is 35.9 Å². The molecule has 3 aromatic rings. The van der Waals surface area contributed by atoms with Gasteiger partial charge in [-0.25, -0.2) is 0 Å². The summed E-state index contributed by atoms with van der Waals surface area (Å²) in [6.45, 7) is -0.0663. The molecule has 28 heavy (non-hydrogen) atoms. The van der Waals surface area contributed by atoms with Crippen LogP contribution in [0.2, 0.25) is 10.0 Å². The Hall–Kier alpha value is -2.64. The molecule has 0 saturated carbocycles. The van der Waals surface area contributed by atoms with Crippen LogP contribution in [0, 0.1) is 0 Å². The van der Waals surface area contributed by atoms with Gasteiger partial charge in [0.05, 0.1) is 28.4 Å². The first-order chi connectivity index (χ1) is 13.1. The van der Waals surface area contributed by atoms with Crippen LogP contribution in [-0.2, 0) is 12.7 Å². The summed E-state index contributed by atoms with van der Waals surface area (Å²) in [6.07, 6.45) is -3.10. The molecule has 0 unspecified atom stereocenters. The molecule has 9 heteroatoms. The minimum absolute atomic E-state index is 0.0663. The summed E-state index contributed by atoms with van der Waals surface area (Å²) in [5.74, 6) is 0.391. The summed E-state index contributed by atoms with van der Waals surface area (Å²) < 4.78 is 45.5. The second-order valence-electron chi connectivity index (χ2n) is 5.94. The third kappa shape index (κ3) is 4.61. The maximum absolute atomic E-state index is 12.9. The molecule has 0 bridgehead atoms. The lowest BCUT2D eigenvalue weighted by molar-refractivity contribution is -0.137. The van der Waals surface area contributed by atoms with Crippen molar-refractivity contribution < 1.29 is 17.9 Å². The number of hydrogen-bond acceptors (Lipinski definition) is 3. The fourth-order valence-corrected chi connectivity index (χ4v) is 3.11. The van der Waals surface area contributed by atoms with Crippen molar-refractivity contribution in [2.45, 2.75) is 12.7 Å². The summed E-state index contributed by atoms with van der Waals surface area (Å²) in [5.41, 5.74) is 5.13. The molecule has 0 saturated heterocycles. The summed E-state index contributed by atoms with van der Waals surface area (Å²) >= 11 is 12.2. The summed E-state index contributed by atoms with van der Waals surface area (Å²) in [5, 5.41) is 0.362. The normalized spacial score (nSPS) is 11.5. The number of alkyl halides is 3. The zero-order valence-corrected chi connectivity index (χ0v) is 15.6. The third-order valence-corrected chi connectivity index (χ3v) is 4.37. The third-order valence-electron chi connectivity index (χ3n) is 3.80. The van der Waals surface area contributed by atoms with Gasteiger partial charge in [0.1, 0.15) is 5.75 Å². The minimum atomic E-state index is -4.46. The molecule has 0 spiro atoms. The molecule has 0 aliphatic rings. The fourth-order valence-electron chi connectivity index (χ4n) is 2.53. The van der Waals surface area contributed by atoms with E-state index in [0.717, 1.165) is 12.1 Å². The highest BCUT2D eigenvalue weighted by molar-refractivity contribution is 6.37. The van der Waals surface area contributed by atoms with E-state index in [4.69, 9.17) is 33.7 Å². The molecule has 3 rings (SSSR count). The maximum atomic E-state index is 12.9. The van der Waals surface area contributed by atoms with Gasteiger partial charge in [0.2, 0.25) is 0 Å². The average molecular weight is 429 g/mol. The standard InChI is InChI=1S/C19H13Cl2F3N2O2/c20-15-7-13(25)8-16(21)18(15)28-14-4-5-17(27)26(10-14)9-11-2-1-3-12(6-11)19(22,23)24/h1-8,10H,9,25H2. The molecule has 0 amide bonds.